The van der Waals surface area contributed by atoms with Crippen LogP contribution in [0.5, 0.6) is 5.75 Å². The normalized spacial score (nSPS) is 11.0. The summed E-state index contributed by atoms with van der Waals surface area (Å²) >= 11 is 2.71. The van der Waals surface area contributed by atoms with Crippen LogP contribution < -0.4 is 9.64 Å². The minimum atomic E-state index is -0.327. The standard InChI is InChI=1S/C21H17FN2O3S2/c1-26-15-5-7-17(8-6-15)28-13-20(25)24(12-16-3-2-10-27-16)21-23-18-9-4-14(22)11-19(18)29-21/h2-11H,12-13H2,1H3. The summed E-state index contributed by atoms with van der Waals surface area (Å²) in [5.41, 5.74) is 0.659. The summed E-state index contributed by atoms with van der Waals surface area (Å²) in [6.07, 6.45) is 1.57. The van der Waals surface area contributed by atoms with Gasteiger partial charge in [-0.25, -0.2) is 9.37 Å². The number of hydrogen-bond donors (Lipinski definition) is 0. The van der Waals surface area contributed by atoms with Crippen LogP contribution in [0.2, 0.25) is 0 Å². The molecule has 8 heteroatoms. The van der Waals surface area contributed by atoms with Gasteiger partial charge in [-0.3, -0.25) is 9.69 Å². The second-order valence-electron chi connectivity index (χ2n) is 6.13. The maximum absolute atomic E-state index is 13.5. The summed E-state index contributed by atoms with van der Waals surface area (Å²) in [6.45, 7) is 0.261. The number of nitrogens with zero attached hydrogens (tertiary/aromatic N) is 2. The third-order valence-corrected chi connectivity index (χ3v) is 6.22. The van der Waals surface area contributed by atoms with Crippen LogP contribution in [-0.4, -0.2) is 23.8 Å². The molecule has 0 aliphatic rings. The first-order valence-electron chi connectivity index (χ1n) is 8.78. The van der Waals surface area contributed by atoms with E-state index < -0.39 is 0 Å². The zero-order valence-corrected chi connectivity index (χ0v) is 17.1. The van der Waals surface area contributed by atoms with E-state index in [-0.39, 0.29) is 24.0 Å². The monoisotopic (exact) mass is 428 g/mol. The van der Waals surface area contributed by atoms with Gasteiger partial charge in [0.15, 0.2) is 5.13 Å². The van der Waals surface area contributed by atoms with Crippen LogP contribution in [0.4, 0.5) is 9.52 Å². The number of thiazole rings is 1. The van der Waals surface area contributed by atoms with Crippen LogP contribution in [0, 0.1) is 5.82 Å². The van der Waals surface area contributed by atoms with Crippen molar-refractivity contribution in [1.29, 1.82) is 0 Å². The number of benzene rings is 2. The molecular formula is C21H17FN2O3S2. The third-order valence-electron chi connectivity index (χ3n) is 4.19. The summed E-state index contributed by atoms with van der Waals surface area (Å²) in [7, 11) is 1.61. The summed E-state index contributed by atoms with van der Waals surface area (Å²) < 4.78 is 24.8. The van der Waals surface area contributed by atoms with Gasteiger partial charge in [-0.05, 0) is 54.6 Å². The maximum atomic E-state index is 13.5. The lowest BCUT2D eigenvalue weighted by Crippen LogP contribution is -2.31. The summed E-state index contributed by atoms with van der Waals surface area (Å²) in [6, 6.07) is 15.5. The Morgan fingerprint density at radius 3 is 2.79 bits per heavy atom. The molecule has 2 aromatic heterocycles. The first-order chi connectivity index (χ1) is 14.1. The van der Waals surface area contributed by atoms with Crippen molar-refractivity contribution in [3.8, 4) is 5.75 Å². The molecule has 4 rings (SSSR count). The van der Waals surface area contributed by atoms with Crippen LogP contribution in [0.25, 0.3) is 10.2 Å². The third kappa shape index (κ3) is 4.60. The van der Waals surface area contributed by atoms with E-state index >= 15 is 0 Å². The molecule has 4 aromatic rings. The lowest BCUT2D eigenvalue weighted by Gasteiger charge is -2.18. The largest absolute Gasteiger partial charge is 0.497 e. The molecule has 0 fully saturated rings. The minimum absolute atomic E-state index is 0.109. The maximum Gasteiger partial charge on any atom is 0.239 e. The smallest absolute Gasteiger partial charge is 0.239 e. The highest BCUT2D eigenvalue weighted by atomic mass is 32.2. The number of ether oxygens (including phenoxy) is 1. The lowest BCUT2D eigenvalue weighted by atomic mass is 10.3. The van der Waals surface area contributed by atoms with Crippen molar-refractivity contribution in [2.45, 2.75) is 11.4 Å². The average molecular weight is 429 g/mol. The van der Waals surface area contributed by atoms with Crippen LogP contribution in [0.1, 0.15) is 5.76 Å². The zero-order valence-electron chi connectivity index (χ0n) is 15.5. The van der Waals surface area contributed by atoms with Crippen LogP contribution >= 0.6 is 23.1 Å². The molecule has 2 aromatic carbocycles. The number of carbonyl (C=O) groups excluding carboxylic acids is 1. The highest BCUT2D eigenvalue weighted by molar-refractivity contribution is 8.00. The minimum Gasteiger partial charge on any atom is -0.497 e. The van der Waals surface area contributed by atoms with Gasteiger partial charge in [0.2, 0.25) is 5.91 Å². The number of aromatic nitrogens is 1. The molecule has 0 saturated heterocycles. The number of thioether (sulfide) groups is 1. The van der Waals surface area contributed by atoms with Gasteiger partial charge in [-0.2, -0.15) is 0 Å². The van der Waals surface area contributed by atoms with Crippen LogP contribution in [0.15, 0.2) is 70.2 Å². The molecule has 0 radical (unpaired) electrons. The molecule has 0 spiro atoms. The second kappa shape index (κ2) is 8.67. The predicted octanol–water partition coefficient (Wildman–Crippen LogP) is 5.36. The molecule has 0 unspecified atom stereocenters. The van der Waals surface area contributed by atoms with Gasteiger partial charge >= 0.3 is 0 Å². The highest BCUT2D eigenvalue weighted by Crippen LogP contribution is 2.31. The number of amides is 1. The number of hydrogen-bond acceptors (Lipinski definition) is 6. The highest BCUT2D eigenvalue weighted by Gasteiger charge is 2.21. The zero-order chi connectivity index (χ0) is 20.2. The molecule has 0 N–H and O–H groups in total. The first kappa shape index (κ1) is 19.5. The van der Waals surface area contributed by atoms with E-state index in [1.807, 2.05) is 30.3 Å². The fourth-order valence-corrected chi connectivity index (χ4v) is 4.50. The van der Waals surface area contributed by atoms with E-state index in [9.17, 15) is 9.18 Å². The molecule has 2 heterocycles. The number of halogens is 1. The van der Waals surface area contributed by atoms with E-state index in [1.165, 1.54) is 35.2 Å². The van der Waals surface area contributed by atoms with E-state index in [0.29, 0.717) is 21.1 Å². The summed E-state index contributed by atoms with van der Waals surface area (Å²) in [5.74, 6) is 1.21. The Morgan fingerprint density at radius 2 is 2.07 bits per heavy atom. The van der Waals surface area contributed by atoms with Crippen molar-refractivity contribution in [1.82, 2.24) is 4.98 Å². The molecule has 0 aliphatic carbocycles. The summed E-state index contributed by atoms with van der Waals surface area (Å²) in [5, 5.41) is 0.516. The molecular weight excluding hydrogens is 411 g/mol. The topological polar surface area (TPSA) is 55.6 Å². The average Bonchev–Trinajstić information content (AvgIpc) is 3.39. The Morgan fingerprint density at radius 1 is 1.24 bits per heavy atom. The predicted molar refractivity (Wildman–Crippen MR) is 113 cm³/mol. The number of anilines is 1. The van der Waals surface area contributed by atoms with Crippen LogP contribution in [-0.2, 0) is 11.3 Å². The molecule has 0 atom stereocenters. The van der Waals surface area contributed by atoms with Crippen molar-refractivity contribution < 1.29 is 18.3 Å². The molecule has 29 heavy (non-hydrogen) atoms. The first-order valence-corrected chi connectivity index (χ1v) is 10.6. The SMILES string of the molecule is COc1ccc(SCC(=O)N(Cc2ccco2)c2nc3ccc(F)cc3s2)cc1. The van der Waals surface area contributed by atoms with Gasteiger partial charge in [-0.1, -0.05) is 11.3 Å². The molecule has 0 saturated carbocycles. The molecule has 0 bridgehead atoms. The van der Waals surface area contributed by atoms with Crippen molar-refractivity contribution in [3.05, 3.63) is 72.4 Å². The van der Waals surface area contributed by atoms with E-state index in [0.717, 1.165) is 10.6 Å². The molecule has 0 aliphatic heterocycles. The Balaban J connectivity index is 1.55. The number of carbonyl (C=O) groups is 1. The summed E-state index contributed by atoms with van der Waals surface area (Å²) in [4.78, 5) is 20.1. The van der Waals surface area contributed by atoms with Crippen molar-refractivity contribution in [2.75, 3.05) is 17.8 Å². The van der Waals surface area contributed by atoms with Crippen LogP contribution in [0.3, 0.4) is 0 Å². The number of furan rings is 1. The molecule has 5 nitrogen and oxygen atoms in total. The van der Waals surface area contributed by atoms with Crippen molar-refractivity contribution in [3.63, 3.8) is 0 Å². The fourth-order valence-electron chi connectivity index (χ4n) is 2.72. The van der Waals surface area contributed by atoms with Gasteiger partial charge in [0.25, 0.3) is 0 Å². The van der Waals surface area contributed by atoms with Crippen molar-refractivity contribution in [2.24, 2.45) is 0 Å². The van der Waals surface area contributed by atoms with E-state index in [4.69, 9.17) is 9.15 Å². The van der Waals surface area contributed by atoms with Gasteiger partial charge < -0.3 is 9.15 Å². The number of rotatable bonds is 7. The quantitative estimate of drug-likeness (QED) is 0.371. The van der Waals surface area contributed by atoms with Gasteiger partial charge in [0.1, 0.15) is 17.3 Å². The molecule has 148 valence electrons. The van der Waals surface area contributed by atoms with E-state index in [1.54, 1.807) is 30.4 Å². The van der Waals surface area contributed by atoms with Gasteiger partial charge in [0.05, 0.1) is 35.9 Å². The molecule has 1 amide bonds. The fraction of sp³-hybridized carbons (Fsp3) is 0.143. The van der Waals surface area contributed by atoms with Gasteiger partial charge in [-0.15, -0.1) is 11.8 Å². The second-order valence-corrected chi connectivity index (χ2v) is 8.19. The Bertz CT molecular complexity index is 1110. The van der Waals surface area contributed by atoms with E-state index in [2.05, 4.69) is 4.98 Å². The van der Waals surface area contributed by atoms with Gasteiger partial charge in [0, 0.05) is 4.90 Å². The Kier molecular flexibility index (Phi) is 5.82. The van der Waals surface area contributed by atoms with Crippen molar-refractivity contribution >= 4 is 44.4 Å². The Labute approximate surface area is 175 Å². The Hall–Kier alpha value is -2.84. The number of methoxy groups -OCH3 is 1. The lowest BCUT2D eigenvalue weighted by molar-refractivity contribution is -0.116. The number of fused-ring (bicyclic) bond motifs is 1.